The van der Waals surface area contributed by atoms with E-state index < -0.39 is 24.9 Å². The third kappa shape index (κ3) is 6.28. The highest BCUT2D eigenvalue weighted by Crippen LogP contribution is 2.20. The number of aromatic nitrogens is 2. The summed E-state index contributed by atoms with van der Waals surface area (Å²) in [6.07, 6.45) is 0.119. The van der Waals surface area contributed by atoms with Crippen molar-refractivity contribution in [2.24, 2.45) is 5.73 Å². The second kappa shape index (κ2) is 9.28. The summed E-state index contributed by atoms with van der Waals surface area (Å²) in [5.41, 5.74) is 5.63. The third-order valence-electron chi connectivity index (χ3n) is 3.23. The summed E-state index contributed by atoms with van der Waals surface area (Å²) in [6.45, 7) is -1.61. The molecule has 1 amide bonds. The van der Waals surface area contributed by atoms with Gasteiger partial charge in [-0.3, -0.25) is 4.79 Å². The fraction of sp³-hybridized carbons (Fsp3) is 0.400. The van der Waals surface area contributed by atoms with Gasteiger partial charge in [-0.15, -0.1) is 12.4 Å². The first-order valence-corrected chi connectivity index (χ1v) is 7.25. The number of rotatable bonds is 8. The summed E-state index contributed by atoms with van der Waals surface area (Å²) < 4.78 is 36.0. The van der Waals surface area contributed by atoms with Gasteiger partial charge in [0.2, 0.25) is 17.6 Å². The van der Waals surface area contributed by atoms with Crippen LogP contribution in [0.2, 0.25) is 0 Å². The number of hydrogen-bond acceptors (Lipinski definition) is 6. The molecule has 0 saturated carbocycles. The number of benzene rings is 1. The van der Waals surface area contributed by atoms with Gasteiger partial charge in [0.15, 0.2) is 0 Å². The van der Waals surface area contributed by atoms with Crippen LogP contribution in [0.1, 0.15) is 12.3 Å². The number of nitrogens with one attached hydrogen (secondary N) is 1. The summed E-state index contributed by atoms with van der Waals surface area (Å²) in [6, 6.07) is 7.07. The Morgan fingerprint density at radius 1 is 1.36 bits per heavy atom. The molecule has 3 N–H and O–H groups in total. The minimum absolute atomic E-state index is 0. The van der Waals surface area contributed by atoms with E-state index in [4.69, 9.17) is 15.0 Å². The highest BCUT2D eigenvalue weighted by Gasteiger charge is 2.27. The van der Waals surface area contributed by atoms with Crippen LogP contribution in [0.4, 0.5) is 8.78 Å². The Morgan fingerprint density at radius 2 is 2.04 bits per heavy atom. The molecule has 0 aliphatic heterocycles. The highest BCUT2D eigenvalue weighted by molar-refractivity contribution is 5.85. The van der Waals surface area contributed by atoms with Crippen molar-refractivity contribution < 1.29 is 22.8 Å². The molecule has 0 bridgehead atoms. The number of methoxy groups -OCH3 is 1. The van der Waals surface area contributed by atoms with Gasteiger partial charge < -0.3 is 20.3 Å². The molecule has 0 atom stereocenters. The van der Waals surface area contributed by atoms with Gasteiger partial charge in [-0.1, -0.05) is 5.16 Å². The molecule has 1 aromatic carbocycles. The van der Waals surface area contributed by atoms with Gasteiger partial charge in [-0.05, 0) is 24.3 Å². The van der Waals surface area contributed by atoms with Gasteiger partial charge >= 0.3 is 0 Å². The molecular weight excluding hydrogens is 358 g/mol. The van der Waals surface area contributed by atoms with Crippen LogP contribution < -0.4 is 15.8 Å². The maximum absolute atomic E-state index is 12.9. The van der Waals surface area contributed by atoms with Crippen molar-refractivity contribution in [1.82, 2.24) is 15.5 Å². The van der Waals surface area contributed by atoms with Crippen LogP contribution in [-0.4, -0.2) is 42.2 Å². The van der Waals surface area contributed by atoms with Crippen LogP contribution in [0.25, 0.3) is 11.4 Å². The van der Waals surface area contributed by atoms with Crippen molar-refractivity contribution in [1.29, 1.82) is 0 Å². The van der Waals surface area contributed by atoms with E-state index in [9.17, 15) is 13.6 Å². The Bertz CT molecular complexity index is 680. The second-order valence-electron chi connectivity index (χ2n) is 5.08. The van der Waals surface area contributed by atoms with Gasteiger partial charge in [-0.25, -0.2) is 8.78 Å². The molecule has 10 heteroatoms. The number of amides is 1. The van der Waals surface area contributed by atoms with E-state index in [1.165, 1.54) is 0 Å². The number of hydrogen-bond donors (Lipinski definition) is 2. The minimum atomic E-state index is -3.11. The molecule has 25 heavy (non-hydrogen) atoms. The van der Waals surface area contributed by atoms with E-state index in [-0.39, 0.29) is 31.1 Å². The van der Waals surface area contributed by atoms with Crippen molar-refractivity contribution in [2.45, 2.75) is 18.8 Å². The van der Waals surface area contributed by atoms with Crippen LogP contribution in [-0.2, 0) is 11.2 Å². The van der Waals surface area contributed by atoms with Crippen molar-refractivity contribution >= 4 is 18.3 Å². The molecular formula is C15H19ClF2N4O3. The van der Waals surface area contributed by atoms with Crippen LogP contribution in [0.15, 0.2) is 28.8 Å². The lowest BCUT2D eigenvalue weighted by Crippen LogP contribution is -2.41. The molecule has 0 aliphatic rings. The SMILES string of the molecule is COc1ccc(-c2noc(CCC(=O)NCC(F)(F)CN)n2)cc1.Cl. The Morgan fingerprint density at radius 3 is 2.64 bits per heavy atom. The zero-order chi connectivity index (χ0) is 17.6. The van der Waals surface area contributed by atoms with Crippen LogP contribution in [0.3, 0.4) is 0 Å². The van der Waals surface area contributed by atoms with E-state index >= 15 is 0 Å². The first-order chi connectivity index (χ1) is 11.4. The molecule has 0 unspecified atom stereocenters. The molecule has 7 nitrogen and oxygen atoms in total. The lowest BCUT2D eigenvalue weighted by atomic mass is 10.2. The van der Waals surface area contributed by atoms with Crippen LogP contribution >= 0.6 is 12.4 Å². The Kier molecular flexibility index (Phi) is 7.72. The number of ether oxygens (including phenoxy) is 1. The molecule has 2 rings (SSSR count). The molecule has 1 aromatic heterocycles. The van der Waals surface area contributed by atoms with Gasteiger partial charge in [0.05, 0.1) is 20.2 Å². The number of carbonyl (C=O) groups is 1. The molecule has 0 spiro atoms. The molecule has 1 heterocycles. The number of nitrogens with two attached hydrogens (primary N) is 1. The van der Waals surface area contributed by atoms with Crippen molar-refractivity contribution in [3.05, 3.63) is 30.2 Å². The molecule has 0 saturated heterocycles. The Labute approximate surface area is 149 Å². The number of aryl methyl sites for hydroxylation is 1. The van der Waals surface area contributed by atoms with E-state index in [1.54, 1.807) is 31.4 Å². The lowest BCUT2D eigenvalue weighted by Gasteiger charge is -2.14. The van der Waals surface area contributed by atoms with E-state index in [0.717, 1.165) is 5.56 Å². The molecule has 0 aliphatic carbocycles. The quantitative estimate of drug-likeness (QED) is 0.728. The van der Waals surface area contributed by atoms with Crippen molar-refractivity contribution in [3.63, 3.8) is 0 Å². The summed E-state index contributed by atoms with van der Waals surface area (Å²) in [5, 5.41) is 5.95. The standard InChI is InChI=1S/C15H18F2N4O3.ClH/c1-23-11-4-2-10(3-5-11)14-20-13(24-21-14)7-6-12(22)19-9-15(16,17)8-18;/h2-5H,6-9,18H2,1H3,(H,19,22);1H. The van der Waals surface area contributed by atoms with Gasteiger partial charge in [0.1, 0.15) is 5.75 Å². The molecule has 138 valence electrons. The maximum Gasteiger partial charge on any atom is 0.277 e. The zero-order valence-corrected chi connectivity index (χ0v) is 14.3. The maximum atomic E-state index is 12.9. The molecule has 0 radical (unpaired) electrons. The second-order valence-corrected chi connectivity index (χ2v) is 5.08. The predicted molar refractivity (Wildman–Crippen MR) is 88.9 cm³/mol. The Hall–Kier alpha value is -2.26. The fourth-order valence-electron chi connectivity index (χ4n) is 1.82. The number of nitrogens with zero attached hydrogens (tertiary/aromatic N) is 2. The zero-order valence-electron chi connectivity index (χ0n) is 13.5. The fourth-order valence-corrected chi connectivity index (χ4v) is 1.82. The first-order valence-electron chi connectivity index (χ1n) is 7.25. The Balaban J connectivity index is 0.00000312. The monoisotopic (exact) mass is 376 g/mol. The summed E-state index contributed by atoms with van der Waals surface area (Å²) in [5.74, 6) is -2.31. The average Bonchev–Trinajstić information content (AvgIpc) is 3.07. The largest absolute Gasteiger partial charge is 0.497 e. The molecule has 2 aromatic rings. The number of alkyl halides is 2. The van der Waals surface area contributed by atoms with E-state index in [1.807, 2.05) is 0 Å². The lowest BCUT2D eigenvalue weighted by molar-refractivity contribution is -0.122. The predicted octanol–water partition coefficient (Wildman–Crippen LogP) is 1.81. The normalized spacial score (nSPS) is 10.9. The van der Waals surface area contributed by atoms with Crippen LogP contribution in [0, 0.1) is 0 Å². The summed E-state index contributed by atoms with van der Waals surface area (Å²) >= 11 is 0. The van der Waals surface area contributed by atoms with Crippen molar-refractivity contribution in [3.8, 4) is 17.1 Å². The number of carbonyl (C=O) groups excluding carboxylic acids is 1. The summed E-state index contributed by atoms with van der Waals surface area (Å²) in [4.78, 5) is 15.7. The third-order valence-corrected chi connectivity index (χ3v) is 3.23. The van der Waals surface area contributed by atoms with Crippen LogP contribution in [0.5, 0.6) is 5.75 Å². The minimum Gasteiger partial charge on any atom is -0.497 e. The van der Waals surface area contributed by atoms with Gasteiger partial charge in [0.25, 0.3) is 5.92 Å². The van der Waals surface area contributed by atoms with E-state index in [2.05, 4.69) is 15.5 Å². The smallest absolute Gasteiger partial charge is 0.277 e. The molecule has 0 fully saturated rings. The highest BCUT2D eigenvalue weighted by atomic mass is 35.5. The first kappa shape index (κ1) is 20.8. The summed E-state index contributed by atoms with van der Waals surface area (Å²) in [7, 11) is 1.57. The van der Waals surface area contributed by atoms with Crippen molar-refractivity contribution in [2.75, 3.05) is 20.2 Å². The topological polar surface area (TPSA) is 103 Å². The van der Waals surface area contributed by atoms with Gasteiger partial charge in [-0.2, -0.15) is 4.98 Å². The van der Waals surface area contributed by atoms with Gasteiger partial charge in [0, 0.05) is 18.4 Å². The number of halogens is 3. The average molecular weight is 377 g/mol. The van der Waals surface area contributed by atoms with E-state index in [0.29, 0.717) is 11.6 Å².